The highest BCUT2D eigenvalue weighted by atomic mass is 32.2. The molecular formula is C23H45NOS. The van der Waals surface area contributed by atoms with Gasteiger partial charge in [-0.2, -0.15) is 0 Å². The van der Waals surface area contributed by atoms with Crippen LogP contribution in [0.25, 0.3) is 0 Å². The van der Waals surface area contributed by atoms with Crippen molar-refractivity contribution >= 4 is 11.8 Å². The van der Waals surface area contributed by atoms with Gasteiger partial charge in [0.15, 0.2) is 0 Å². The van der Waals surface area contributed by atoms with E-state index < -0.39 is 0 Å². The number of unbranched alkanes of at least 4 members (excludes halogenated alkanes) is 14. The second-order valence-corrected chi connectivity index (χ2v) is 8.67. The van der Waals surface area contributed by atoms with Gasteiger partial charge in [-0.3, -0.25) is 0 Å². The van der Waals surface area contributed by atoms with Crippen LogP contribution >= 0.6 is 11.8 Å². The fourth-order valence-electron chi connectivity index (χ4n) is 3.47. The van der Waals surface area contributed by atoms with Crippen molar-refractivity contribution in [1.82, 2.24) is 4.90 Å². The van der Waals surface area contributed by atoms with Gasteiger partial charge < -0.3 is 9.64 Å². The molecule has 0 aromatic rings. The first-order valence-corrected chi connectivity index (χ1v) is 12.6. The molecule has 0 amide bonds. The molecule has 0 aromatic heterocycles. The third kappa shape index (κ3) is 16.1. The summed E-state index contributed by atoms with van der Waals surface area (Å²) in [6, 6.07) is 0. The maximum Gasteiger partial charge on any atom is 0.0675 e. The first-order valence-electron chi connectivity index (χ1n) is 11.5. The summed E-state index contributed by atoms with van der Waals surface area (Å²) in [5.41, 5.74) is 0. The molecule has 0 atom stereocenters. The summed E-state index contributed by atoms with van der Waals surface area (Å²) in [6.45, 7) is 5.40. The van der Waals surface area contributed by atoms with Crippen LogP contribution in [-0.2, 0) is 4.74 Å². The van der Waals surface area contributed by atoms with Gasteiger partial charge in [-0.1, -0.05) is 90.4 Å². The Kier molecular flexibility index (Phi) is 18.0. The van der Waals surface area contributed by atoms with E-state index in [2.05, 4.69) is 23.4 Å². The predicted octanol–water partition coefficient (Wildman–Crippen LogP) is 7.74. The summed E-state index contributed by atoms with van der Waals surface area (Å²) in [7, 11) is 0. The van der Waals surface area contributed by atoms with Crippen molar-refractivity contribution in [3.05, 3.63) is 11.6 Å². The van der Waals surface area contributed by atoms with Crippen LogP contribution in [0.15, 0.2) is 11.6 Å². The molecule has 0 saturated carbocycles. The molecule has 0 aliphatic carbocycles. The van der Waals surface area contributed by atoms with Crippen molar-refractivity contribution in [1.29, 1.82) is 0 Å². The molecule has 0 fully saturated rings. The lowest BCUT2D eigenvalue weighted by atomic mass is 10.0. The Morgan fingerprint density at radius 3 is 1.69 bits per heavy atom. The van der Waals surface area contributed by atoms with Gasteiger partial charge in [0.25, 0.3) is 0 Å². The summed E-state index contributed by atoms with van der Waals surface area (Å²) in [6.07, 6.45) is 24.6. The average molecular weight is 384 g/mol. The normalized spacial score (nSPS) is 13.8. The van der Waals surface area contributed by atoms with Crippen molar-refractivity contribution in [2.75, 3.05) is 25.6 Å². The van der Waals surface area contributed by atoms with E-state index in [9.17, 15) is 0 Å². The third-order valence-corrected chi connectivity index (χ3v) is 6.03. The summed E-state index contributed by atoms with van der Waals surface area (Å²) in [5.74, 6) is 1.14. The number of nitrogens with zero attached hydrogens (tertiary/aromatic N) is 1. The molecule has 154 valence electrons. The van der Waals surface area contributed by atoms with Crippen LogP contribution in [0.3, 0.4) is 0 Å². The third-order valence-electron chi connectivity index (χ3n) is 5.23. The molecule has 0 aromatic carbocycles. The second kappa shape index (κ2) is 19.6. The quantitative estimate of drug-likeness (QED) is 0.199. The van der Waals surface area contributed by atoms with E-state index in [4.69, 9.17) is 4.74 Å². The van der Waals surface area contributed by atoms with Gasteiger partial charge in [-0.25, -0.2) is 0 Å². The standard InChI is InChI=1S/C23H45NOS/c1-2-3-4-5-6-7-8-9-10-11-12-13-14-16-20-25-21-17-15-18-24-19-22-26-23-24/h19,22H,2-18,20-21,23H2,1H3. The molecular weight excluding hydrogens is 338 g/mol. The zero-order valence-electron chi connectivity index (χ0n) is 17.6. The van der Waals surface area contributed by atoms with Gasteiger partial charge >= 0.3 is 0 Å². The van der Waals surface area contributed by atoms with Crippen LogP contribution in [0.4, 0.5) is 0 Å². The monoisotopic (exact) mass is 383 g/mol. The number of rotatable bonds is 20. The average Bonchev–Trinajstić information content (AvgIpc) is 3.17. The van der Waals surface area contributed by atoms with Crippen molar-refractivity contribution in [3.63, 3.8) is 0 Å². The molecule has 0 unspecified atom stereocenters. The van der Waals surface area contributed by atoms with Crippen molar-refractivity contribution < 1.29 is 4.74 Å². The van der Waals surface area contributed by atoms with E-state index in [1.165, 1.54) is 109 Å². The molecule has 1 rings (SSSR count). The fourth-order valence-corrected chi connectivity index (χ4v) is 4.22. The molecule has 3 heteroatoms. The molecule has 1 aliphatic rings. The molecule has 0 N–H and O–H groups in total. The van der Waals surface area contributed by atoms with Crippen LogP contribution in [0.1, 0.15) is 110 Å². The van der Waals surface area contributed by atoms with Crippen LogP contribution in [-0.4, -0.2) is 30.5 Å². The summed E-state index contributed by atoms with van der Waals surface area (Å²) in [4.78, 5) is 2.39. The summed E-state index contributed by atoms with van der Waals surface area (Å²) < 4.78 is 5.76. The Balaban J connectivity index is 1.63. The highest BCUT2D eigenvalue weighted by Gasteiger charge is 2.03. The van der Waals surface area contributed by atoms with Crippen molar-refractivity contribution in [2.45, 2.75) is 110 Å². The lowest BCUT2D eigenvalue weighted by Crippen LogP contribution is -2.15. The smallest absolute Gasteiger partial charge is 0.0675 e. The maximum absolute atomic E-state index is 5.76. The molecule has 2 nitrogen and oxygen atoms in total. The van der Waals surface area contributed by atoms with Crippen LogP contribution < -0.4 is 0 Å². The van der Waals surface area contributed by atoms with E-state index in [0.29, 0.717) is 0 Å². The fraction of sp³-hybridized carbons (Fsp3) is 0.913. The topological polar surface area (TPSA) is 12.5 Å². The van der Waals surface area contributed by atoms with Crippen LogP contribution in [0.2, 0.25) is 0 Å². The largest absolute Gasteiger partial charge is 0.381 e. The van der Waals surface area contributed by atoms with Crippen molar-refractivity contribution in [2.24, 2.45) is 0 Å². The number of ether oxygens (including phenoxy) is 1. The molecule has 0 spiro atoms. The first-order chi connectivity index (χ1) is 12.9. The van der Waals surface area contributed by atoms with E-state index in [1.807, 2.05) is 11.8 Å². The maximum atomic E-state index is 5.76. The van der Waals surface area contributed by atoms with Gasteiger partial charge in [0.05, 0.1) is 5.88 Å². The van der Waals surface area contributed by atoms with Gasteiger partial charge in [0, 0.05) is 26.0 Å². The Morgan fingerprint density at radius 1 is 0.692 bits per heavy atom. The summed E-state index contributed by atoms with van der Waals surface area (Å²) >= 11 is 1.89. The molecule has 26 heavy (non-hydrogen) atoms. The number of hydrogen-bond donors (Lipinski definition) is 0. The van der Waals surface area contributed by atoms with E-state index in [-0.39, 0.29) is 0 Å². The second-order valence-electron chi connectivity index (χ2n) is 7.81. The van der Waals surface area contributed by atoms with Crippen LogP contribution in [0, 0.1) is 0 Å². The van der Waals surface area contributed by atoms with E-state index in [0.717, 1.165) is 19.1 Å². The van der Waals surface area contributed by atoms with Gasteiger partial charge in [-0.15, -0.1) is 11.8 Å². The summed E-state index contributed by atoms with van der Waals surface area (Å²) in [5, 5.41) is 2.19. The van der Waals surface area contributed by atoms with Gasteiger partial charge in [0.2, 0.25) is 0 Å². The van der Waals surface area contributed by atoms with Crippen molar-refractivity contribution in [3.8, 4) is 0 Å². The van der Waals surface area contributed by atoms with E-state index >= 15 is 0 Å². The van der Waals surface area contributed by atoms with Gasteiger partial charge in [-0.05, 0) is 24.7 Å². The molecule has 0 radical (unpaired) electrons. The first kappa shape index (κ1) is 23.9. The number of thioether (sulfide) groups is 1. The minimum atomic E-state index is 0.948. The molecule has 1 aliphatic heterocycles. The SMILES string of the molecule is CCCCCCCCCCCCCCCCOCCCCN1C=CSC1. The zero-order valence-corrected chi connectivity index (χ0v) is 18.4. The lowest BCUT2D eigenvalue weighted by Gasteiger charge is -2.13. The molecule has 0 bridgehead atoms. The highest BCUT2D eigenvalue weighted by Crippen LogP contribution is 2.15. The zero-order chi connectivity index (χ0) is 18.5. The Labute approximate surface area is 168 Å². The Hall–Kier alpha value is -0.150. The predicted molar refractivity (Wildman–Crippen MR) is 119 cm³/mol. The van der Waals surface area contributed by atoms with Crippen LogP contribution in [0.5, 0.6) is 0 Å². The number of hydrogen-bond acceptors (Lipinski definition) is 3. The Bertz CT molecular complexity index is 309. The van der Waals surface area contributed by atoms with Gasteiger partial charge in [0.1, 0.15) is 0 Å². The lowest BCUT2D eigenvalue weighted by molar-refractivity contribution is 0.125. The minimum absolute atomic E-state index is 0.948. The highest BCUT2D eigenvalue weighted by molar-refractivity contribution is 8.02. The Morgan fingerprint density at radius 2 is 1.19 bits per heavy atom. The molecule has 0 saturated heterocycles. The van der Waals surface area contributed by atoms with E-state index in [1.54, 1.807) is 0 Å². The minimum Gasteiger partial charge on any atom is -0.381 e. The molecule has 1 heterocycles.